The molecule has 4 rings (SSSR count). The molecular weight excluding hydrogens is 368 g/mol. The van der Waals surface area contributed by atoms with E-state index >= 15 is 0 Å². The van der Waals surface area contributed by atoms with E-state index in [1.165, 1.54) is 0 Å². The Morgan fingerprint density at radius 3 is 2.76 bits per heavy atom. The molecule has 0 saturated carbocycles. The number of hydrogen-bond acceptors (Lipinski definition) is 5. The van der Waals surface area contributed by atoms with Crippen LogP contribution in [0.15, 0.2) is 36.5 Å². The number of amides is 2. The molecule has 0 bridgehead atoms. The van der Waals surface area contributed by atoms with Crippen molar-refractivity contribution in [2.75, 3.05) is 52.5 Å². The predicted molar refractivity (Wildman–Crippen MR) is 111 cm³/mol. The fourth-order valence-corrected chi connectivity index (χ4v) is 4.29. The van der Waals surface area contributed by atoms with Gasteiger partial charge in [-0.2, -0.15) is 0 Å². The van der Waals surface area contributed by atoms with Crippen LogP contribution >= 0.6 is 0 Å². The summed E-state index contributed by atoms with van der Waals surface area (Å²) in [6, 6.07) is 9.80. The summed E-state index contributed by atoms with van der Waals surface area (Å²) in [6.07, 6.45) is 2.49. The van der Waals surface area contributed by atoms with Crippen LogP contribution in [0.1, 0.15) is 23.8 Å². The molecule has 0 N–H and O–H groups in total. The van der Waals surface area contributed by atoms with Gasteiger partial charge in [0.15, 0.2) is 0 Å². The molecule has 0 radical (unpaired) electrons. The van der Waals surface area contributed by atoms with Crippen molar-refractivity contribution >= 4 is 22.6 Å². The second kappa shape index (κ2) is 8.88. The number of carbonyl (C=O) groups is 2. The Kier molecular flexibility index (Phi) is 6.06. The number of fused-ring (bicyclic) bond motifs is 1. The summed E-state index contributed by atoms with van der Waals surface area (Å²) >= 11 is 0. The van der Waals surface area contributed by atoms with Gasteiger partial charge in [-0.25, -0.2) is 0 Å². The molecule has 1 aromatic heterocycles. The fraction of sp³-hybridized carbons (Fsp3) is 0.500. The van der Waals surface area contributed by atoms with Crippen molar-refractivity contribution in [2.45, 2.75) is 19.4 Å². The van der Waals surface area contributed by atoms with Gasteiger partial charge in [0.05, 0.1) is 19.3 Å². The summed E-state index contributed by atoms with van der Waals surface area (Å²) in [5.41, 5.74) is 0.492. The number of aromatic nitrogens is 1. The van der Waals surface area contributed by atoms with E-state index in [1.807, 2.05) is 40.1 Å². The number of benzene rings is 1. The van der Waals surface area contributed by atoms with Crippen LogP contribution in [0.3, 0.4) is 0 Å². The number of likely N-dealkylation sites (tertiary alicyclic amines) is 1. The van der Waals surface area contributed by atoms with Crippen LogP contribution in [-0.4, -0.2) is 90.0 Å². The minimum atomic E-state index is -0.0546. The van der Waals surface area contributed by atoms with Gasteiger partial charge in [-0.05, 0) is 17.9 Å². The van der Waals surface area contributed by atoms with E-state index in [-0.39, 0.29) is 17.9 Å². The minimum absolute atomic E-state index is 0.0546. The Balaban J connectivity index is 1.42. The lowest BCUT2D eigenvalue weighted by atomic mass is 10.1. The van der Waals surface area contributed by atoms with E-state index in [1.54, 1.807) is 13.1 Å². The molecular formula is C22H28N4O3. The number of nitrogens with zero attached hydrogens (tertiary/aromatic N) is 4. The van der Waals surface area contributed by atoms with Crippen LogP contribution in [0, 0.1) is 0 Å². The van der Waals surface area contributed by atoms with Gasteiger partial charge >= 0.3 is 0 Å². The van der Waals surface area contributed by atoms with Gasteiger partial charge in [-0.15, -0.1) is 0 Å². The Morgan fingerprint density at radius 2 is 1.97 bits per heavy atom. The zero-order valence-electron chi connectivity index (χ0n) is 16.9. The molecule has 2 aromatic rings. The molecule has 1 atom stereocenters. The van der Waals surface area contributed by atoms with Crippen molar-refractivity contribution in [3.63, 3.8) is 0 Å². The van der Waals surface area contributed by atoms with Gasteiger partial charge < -0.3 is 14.5 Å². The van der Waals surface area contributed by atoms with E-state index in [0.717, 1.165) is 50.0 Å². The SMILES string of the molecule is CC(=O)N(CCN1CCOCC1)C1CCN(C(=O)c2nccc3ccccc23)C1. The smallest absolute Gasteiger partial charge is 0.273 e. The third-order valence-corrected chi connectivity index (χ3v) is 5.93. The van der Waals surface area contributed by atoms with Gasteiger partial charge in [-0.3, -0.25) is 19.5 Å². The first-order chi connectivity index (χ1) is 14.1. The zero-order valence-corrected chi connectivity index (χ0v) is 16.9. The van der Waals surface area contributed by atoms with Crippen molar-refractivity contribution in [1.29, 1.82) is 0 Å². The van der Waals surface area contributed by atoms with Gasteiger partial charge in [0.1, 0.15) is 5.69 Å². The van der Waals surface area contributed by atoms with Crippen LogP contribution in [0.2, 0.25) is 0 Å². The maximum absolute atomic E-state index is 13.1. The molecule has 0 spiro atoms. The highest BCUT2D eigenvalue weighted by Gasteiger charge is 2.33. The number of morpholine rings is 1. The van der Waals surface area contributed by atoms with Gasteiger partial charge in [0, 0.05) is 57.8 Å². The topological polar surface area (TPSA) is 66.0 Å². The summed E-state index contributed by atoms with van der Waals surface area (Å²) in [5, 5.41) is 1.89. The lowest BCUT2D eigenvalue weighted by Crippen LogP contribution is -2.47. The minimum Gasteiger partial charge on any atom is -0.379 e. The van der Waals surface area contributed by atoms with Gasteiger partial charge in [0.2, 0.25) is 5.91 Å². The lowest BCUT2D eigenvalue weighted by Gasteiger charge is -2.32. The largest absolute Gasteiger partial charge is 0.379 e. The first kappa shape index (κ1) is 19.8. The Labute approximate surface area is 171 Å². The first-order valence-corrected chi connectivity index (χ1v) is 10.3. The second-order valence-corrected chi connectivity index (χ2v) is 7.74. The predicted octanol–water partition coefficient (Wildman–Crippen LogP) is 1.63. The number of ether oxygens (including phenoxy) is 1. The molecule has 3 heterocycles. The van der Waals surface area contributed by atoms with Crippen LogP contribution in [-0.2, 0) is 9.53 Å². The Morgan fingerprint density at radius 1 is 1.17 bits per heavy atom. The number of hydrogen-bond donors (Lipinski definition) is 0. The molecule has 2 amide bonds. The molecule has 29 heavy (non-hydrogen) atoms. The monoisotopic (exact) mass is 396 g/mol. The Bertz CT molecular complexity index is 876. The normalized spacial score (nSPS) is 20.2. The molecule has 2 aliphatic heterocycles. The summed E-state index contributed by atoms with van der Waals surface area (Å²) < 4.78 is 5.39. The van der Waals surface area contributed by atoms with Gasteiger partial charge in [0.25, 0.3) is 5.91 Å². The van der Waals surface area contributed by atoms with E-state index in [0.29, 0.717) is 25.3 Å². The molecule has 1 unspecified atom stereocenters. The highest BCUT2D eigenvalue weighted by molar-refractivity contribution is 6.05. The van der Waals surface area contributed by atoms with Crippen LogP contribution in [0.4, 0.5) is 0 Å². The first-order valence-electron chi connectivity index (χ1n) is 10.3. The quantitative estimate of drug-likeness (QED) is 0.769. The van der Waals surface area contributed by atoms with Crippen molar-refractivity contribution in [2.24, 2.45) is 0 Å². The molecule has 2 saturated heterocycles. The molecule has 154 valence electrons. The summed E-state index contributed by atoms with van der Waals surface area (Å²) in [5.74, 6) is 0.0156. The molecule has 7 heteroatoms. The molecule has 1 aromatic carbocycles. The molecule has 2 fully saturated rings. The van der Waals surface area contributed by atoms with Crippen LogP contribution in [0.25, 0.3) is 10.8 Å². The Hall–Kier alpha value is -2.51. The number of carbonyl (C=O) groups excluding carboxylic acids is 2. The maximum Gasteiger partial charge on any atom is 0.273 e. The van der Waals surface area contributed by atoms with Crippen LogP contribution in [0.5, 0.6) is 0 Å². The van der Waals surface area contributed by atoms with E-state index in [2.05, 4.69) is 9.88 Å². The van der Waals surface area contributed by atoms with E-state index in [4.69, 9.17) is 4.74 Å². The zero-order chi connectivity index (χ0) is 20.2. The molecule has 7 nitrogen and oxygen atoms in total. The average molecular weight is 396 g/mol. The maximum atomic E-state index is 13.1. The van der Waals surface area contributed by atoms with E-state index < -0.39 is 0 Å². The molecule has 0 aliphatic carbocycles. The van der Waals surface area contributed by atoms with Gasteiger partial charge in [-0.1, -0.05) is 24.3 Å². The third kappa shape index (κ3) is 4.41. The number of rotatable bonds is 5. The van der Waals surface area contributed by atoms with Crippen molar-refractivity contribution < 1.29 is 14.3 Å². The van der Waals surface area contributed by atoms with Crippen molar-refractivity contribution in [3.8, 4) is 0 Å². The second-order valence-electron chi connectivity index (χ2n) is 7.74. The highest BCUT2D eigenvalue weighted by Crippen LogP contribution is 2.22. The standard InChI is InChI=1S/C22H28N4O3/c1-17(27)26(11-10-24-12-14-29-15-13-24)19-7-9-25(16-19)22(28)21-20-5-3-2-4-18(20)6-8-23-21/h2-6,8,19H,7,9-16H2,1H3. The fourth-order valence-electron chi connectivity index (χ4n) is 4.29. The van der Waals surface area contributed by atoms with Crippen LogP contribution < -0.4 is 0 Å². The third-order valence-electron chi connectivity index (χ3n) is 5.93. The summed E-state index contributed by atoms with van der Waals surface area (Å²) in [7, 11) is 0. The summed E-state index contributed by atoms with van der Waals surface area (Å²) in [4.78, 5) is 35.9. The van der Waals surface area contributed by atoms with Crippen molar-refractivity contribution in [3.05, 3.63) is 42.2 Å². The highest BCUT2D eigenvalue weighted by atomic mass is 16.5. The average Bonchev–Trinajstić information content (AvgIpc) is 3.23. The lowest BCUT2D eigenvalue weighted by molar-refractivity contribution is -0.131. The van der Waals surface area contributed by atoms with Crippen molar-refractivity contribution in [1.82, 2.24) is 19.7 Å². The summed E-state index contributed by atoms with van der Waals surface area (Å²) in [6.45, 7) is 7.69. The van der Waals surface area contributed by atoms with E-state index in [9.17, 15) is 9.59 Å². The molecule has 2 aliphatic rings. The number of pyridine rings is 1.